The van der Waals surface area contributed by atoms with E-state index < -0.39 is 138 Å². The molecular weight excluding hydrogens is 1480 g/mol. The zero-order valence-electron chi connectivity index (χ0n) is 64.8. The van der Waals surface area contributed by atoms with Gasteiger partial charge < -0.3 is 88.2 Å². The van der Waals surface area contributed by atoms with E-state index >= 15 is 4.79 Å². The first kappa shape index (κ1) is 90.6. The lowest BCUT2D eigenvalue weighted by atomic mass is 9.99. The van der Waals surface area contributed by atoms with Gasteiger partial charge in [0, 0.05) is 64.4 Å². The molecule has 31 nitrogen and oxygen atoms in total. The largest absolute Gasteiger partial charge is 0.464 e. The Kier molecular flexibility index (Phi) is 39.2. The number of nitrogens with one attached hydrogen (secondary N) is 11. The SMILES string of the molecule is CCOC(=O)[C@@H]1CCCN1C(=O)[C@@H](Cc1ccccc1)NC(=O)[C@H](CSCNC(C)=O)NC(=O)[C@H](CCCNC(=O)OCc1ccccc1)NC(=O)[C@@H](NC(=O)[C@@H]1CCCN1C(=O)[C@@H](Cc1ccccc1)NC(=O)[C@H](CC(C)C)NC(=O)[C@H](CCCNC(=O)OCc1ccccc1)NC(=O)[C@@H](N)CSCNC(C)=O)C(C)C. The van der Waals surface area contributed by atoms with Crippen LogP contribution in [0.3, 0.4) is 0 Å². The molecule has 13 N–H and O–H groups in total. The van der Waals surface area contributed by atoms with Gasteiger partial charge in [0.25, 0.3) is 0 Å². The summed E-state index contributed by atoms with van der Waals surface area (Å²) < 4.78 is 16.1. The van der Waals surface area contributed by atoms with Crippen LogP contribution in [-0.4, -0.2) is 209 Å². The van der Waals surface area contributed by atoms with Crippen LogP contribution in [0.4, 0.5) is 9.59 Å². The summed E-state index contributed by atoms with van der Waals surface area (Å²) in [6, 6.07) is 23.0. The number of nitrogens with two attached hydrogens (primary N) is 1. The molecule has 4 aromatic carbocycles. The molecule has 2 aliphatic heterocycles. The molecule has 0 aromatic heterocycles. The summed E-state index contributed by atoms with van der Waals surface area (Å²) in [7, 11) is 0. The van der Waals surface area contributed by atoms with E-state index in [1.54, 1.807) is 130 Å². The molecule has 13 amide bonds. The number of ether oxygens (including phenoxy) is 3. The molecule has 0 saturated carbocycles. The van der Waals surface area contributed by atoms with Crippen LogP contribution in [0.5, 0.6) is 0 Å². The lowest BCUT2D eigenvalue weighted by Crippen LogP contribution is -2.61. The average Bonchev–Trinajstić information content (AvgIpc) is 1.57. The number of likely N-dealkylation sites (tertiary alicyclic amines) is 2. The maximum Gasteiger partial charge on any atom is 0.407 e. The number of nitrogens with zero attached hydrogens (tertiary/aromatic N) is 2. The molecule has 610 valence electrons. The maximum absolute atomic E-state index is 15.3. The zero-order chi connectivity index (χ0) is 81.5. The predicted octanol–water partition coefficient (Wildman–Crippen LogP) is 3.51. The number of carbonyl (C=O) groups excluding carboxylic acids is 14. The number of hydrogen-bond donors (Lipinski definition) is 12. The molecule has 2 aliphatic rings. The van der Waals surface area contributed by atoms with Gasteiger partial charge in [0.1, 0.15) is 67.6 Å². The second-order valence-corrected chi connectivity index (χ2v) is 30.2. The highest BCUT2D eigenvalue weighted by molar-refractivity contribution is 7.99. The van der Waals surface area contributed by atoms with Crippen molar-refractivity contribution in [2.24, 2.45) is 17.6 Å². The number of esters is 1. The van der Waals surface area contributed by atoms with Crippen LogP contribution in [0.2, 0.25) is 0 Å². The first-order valence-electron chi connectivity index (χ1n) is 38.0. The monoisotopic (exact) mass is 1590 g/mol. The van der Waals surface area contributed by atoms with E-state index in [2.05, 4.69) is 58.5 Å². The molecule has 0 aliphatic carbocycles. The quantitative estimate of drug-likeness (QED) is 0.0130. The first-order chi connectivity index (χ1) is 53.7. The van der Waals surface area contributed by atoms with Crippen LogP contribution in [-0.2, 0) is 97.8 Å². The van der Waals surface area contributed by atoms with Crippen LogP contribution < -0.4 is 64.2 Å². The van der Waals surface area contributed by atoms with Crippen LogP contribution in [0.1, 0.15) is 129 Å². The summed E-state index contributed by atoms with van der Waals surface area (Å²) >= 11 is 2.26. The molecule has 4 aromatic rings. The molecule has 2 fully saturated rings. The van der Waals surface area contributed by atoms with Gasteiger partial charge in [-0.1, -0.05) is 149 Å². The third kappa shape index (κ3) is 31.8. The van der Waals surface area contributed by atoms with Crippen molar-refractivity contribution in [2.75, 3.05) is 56.0 Å². The van der Waals surface area contributed by atoms with Crippen molar-refractivity contribution in [1.82, 2.24) is 68.3 Å². The van der Waals surface area contributed by atoms with Crippen molar-refractivity contribution < 1.29 is 81.3 Å². The third-order valence-electron chi connectivity index (χ3n) is 18.3. The minimum Gasteiger partial charge on any atom is -0.464 e. The van der Waals surface area contributed by atoms with Gasteiger partial charge in [0.05, 0.1) is 24.4 Å². The van der Waals surface area contributed by atoms with E-state index in [0.717, 1.165) is 22.9 Å². The van der Waals surface area contributed by atoms with E-state index in [1.165, 1.54) is 35.4 Å². The highest BCUT2D eigenvalue weighted by atomic mass is 32.2. The Morgan fingerprint density at radius 3 is 1.29 bits per heavy atom. The third-order valence-corrected chi connectivity index (χ3v) is 20.1. The van der Waals surface area contributed by atoms with Crippen molar-refractivity contribution >= 4 is 107 Å². The Morgan fingerprint density at radius 1 is 0.455 bits per heavy atom. The normalized spacial score (nSPS) is 15.9. The van der Waals surface area contributed by atoms with Crippen molar-refractivity contribution in [3.8, 4) is 0 Å². The summed E-state index contributed by atoms with van der Waals surface area (Å²) in [6.45, 7) is 11.6. The fourth-order valence-corrected chi connectivity index (χ4v) is 14.2. The van der Waals surface area contributed by atoms with Gasteiger partial charge in [-0.15, -0.1) is 23.5 Å². The molecule has 2 heterocycles. The second-order valence-electron chi connectivity index (χ2n) is 28.1. The Bertz CT molecular complexity index is 3740. The highest BCUT2D eigenvalue weighted by Crippen LogP contribution is 2.24. The number of carbonyl (C=O) groups is 14. The Labute approximate surface area is 662 Å². The summed E-state index contributed by atoms with van der Waals surface area (Å²) in [5.74, 6) is -8.75. The van der Waals surface area contributed by atoms with E-state index in [9.17, 15) is 62.3 Å². The predicted molar refractivity (Wildman–Crippen MR) is 422 cm³/mol. The first-order valence-corrected chi connectivity index (χ1v) is 40.3. The fraction of sp³-hybridized carbons (Fsp3) is 0.519. The molecule has 10 atom stereocenters. The van der Waals surface area contributed by atoms with Gasteiger partial charge >= 0.3 is 18.2 Å². The number of hydrogen-bond acceptors (Lipinski definition) is 20. The van der Waals surface area contributed by atoms with Gasteiger partial charge in [-0.3, -0.25) is 52.7 Å². The zero-order valence-corrected chi connectivity index (χ0v) is 66.4. The Balaban J connectivity index is 1.22. The fourth-order valence-electron chi connectivity index (χ4n) is 12.4. The van der Waals surface area contributed by atoms with E-state index in [-0.39, 0.29) is 138 Å². The second kappa shape index (κ2) is 48.5. The molecule has 112 heavy (non-hydrogen) atoms. The summed E-state index contributed by atoms with van der Waals surface area (Å²) in [4.78, 5) is 198. The molecule has 0 bridgehead atoms. The molecule has 6 rings (SSSR count). The van der Waals surface area contributed by atoms with E-state index in [0.29, 0.717) is 30.4 Å². The van der Waals surface area contributed by atoms with Crippen LogP contribution in [0.25, 0.3) is 0 Å². The van der Waals surface area contributed by atoms with Crippen molar-refractivity contribution in [3.63, 3.8) is 0 Å². The molecule has 0 spiro atoms. The lowest BCUT2D eigenvalue weighted by Gasteiger charge is -2.32. The van der Waals surface area contributed by atoms with Gasteiger partial charge in [0.15, 0.2) is 0 Å². The topological polar surface area (TPSA) is 431 Å². The number of rotatable bonds is 45. The Hall–Kier alpha value is -10.3. The highest BCUT2D eigenvalue weighted by Gasteiger charge is 2.43. The number of alkyl carbamates (subject to hydrolysis) is 2. The average molecular weight is 1590 g/mol. The van der Waals surface area contributed by atoms with Crippen LogP contribution in [0, 0.1) is 11.8 Å². The summed E-state index contributed by atoms with van der Waals surface area (Å²) in [5.41, 5.74) is 9.07. The van der Waals surface area contributed by atoms with Crippen molar-refractivity contribution in [2.45, 2.75) is 193 Å². The lowest BCUT2D eigenvalue weighted by molar-refractivity contribution is -0.153. The molecule has 0 radical (unpaired) electrons. The van der Waals surface area contributed by atoms with Gasteiger partial charge in [-0.2, -0.15) is 0 Å². The summed E-state index contributed by atoms with van der Waals surface area (Å²) in [6.07, 6.45) is -0.202. The number of amides is 13. The van der Waals surface area contributed by atoms with Crippen LogP contribution >= 0.6 is 23.5 Å². The van der Waals surface area contributed by atoms with Crippen molar-refractivity contribution in [1.29, 1.82) is 0 Å². The van der Waals surface area contributed by atoms with Crippen molar-refractivity contribution in [3.05, 3.63) is 144 Å². The van der Waals surface area contributed by atoms with Gasteiger partial charge in [0.2, 0.25) is 65.0 Å². The van der Waals surface area contributed by atoms with Gasteiger partial charge in [-0.05, 0) is 98.8 Å². The minimum atomic E-state index is -1.47. The molecule has 0 unspecified atom stereocenters. The molecule has 2 saturated heterocycles. The van der Waals surface area contributed by atoms with Gasteiger partial charge in [-0.25, -0.2) is 14.4 Å². The molecule has 33 heteroatoms. The summed E-state index contributed by atoms with van der Waals surface area (Å²) in [5, 5.41) is 30.2. The molecular formula is C79H110N14O17S2. The Morgan fingerprint density at radius 2 is 0.848 bits per heavy atom. The standard InChI is InChI=1S/C79H110N14O17S2/c1-8-108-77(105)66-36-24-40-93(66)76(104)63(43-55-27-15-10-16-28-55)89-72(100)64(47-112-49-84-53(7)95)90-70(98)60(34-22-38-82-79(107)110-45-57-31-19-12-20-32-57)86-74(102)67(51(4)5)91-73(101)65-35-23-39-92(65)75(103)62(42-54-25-13-9-14-26-54)88-71(99)61(41-50(2)3)87-69(97)59(85-68(96)58(80)46-111-48-83-52(6)94)33-21-37-81-78(106)109-44-56-29-17-11-18-30-56/h9-20,25-32,50-51,58-67H,8,21-24,33-49,80H2,1-7H3,(H,81,106)(H,82,107)(H,83,94)(H,84,95)(H,85,96)(H,86,102)(H,87,97)(H,88,99)(H,89,100)(H,90,98)(H,91,101)/t58-,59-,60-,61-,62+,63+,64-,65-,66-,67-/m0/s1. The minimum absolute atomic E-state index is 0.00864. The van der Waals surface area contributed by atoms with E-state index in [4.69, 9.17) is 19.9 Å². The smallest absolute Gasteiger partial charge is 0.407 e. The van der Waals surface area contributed by atoms with Crippen LogP contribution in [0.15, 0.2) is 121 Å². The number of benzene rings is 4. The maximum atomic E-state index is 15.3. The number of thioether (sulfide) groups is 2. The van der Waals surface area contributed by atoms with E-state index in [1.807, 2.05) is 26.0 Å².